The number of methoxy groups -OCH3 is 1. The van der Waals surface area contributed by atoms with Gasteiger partial charge in [0.2, 0.25) is 0 Å². The number of hydrogen-bond acceptors (Lipinski definition) is 3. The summed E-state index contributed by atoms with van der Waals surface area (Å²) in [4.78, 5) is 4.02. The van der Waals surface area contributed by atoms with Crippen LogP contribution in [-0.4, -0.2) is 18.1 Å². The van der Waals surface area contributed by atoms with E-state index in [0.717, 1.165) is 11.4 Å². The van der Waals surface area contributed by atoms with Gasteiger partial charge in [-0.25, -0.2) is 0 Å². The Kier molecular flexibility index (Phi) is 2.91. The van der Waals surface area contributed by atoms with Crippen molar-refractivity contribution in [2.24, 2.45) is 0 Å². The molecule has 0 aliphatic rings. The Morgan fingerprint density at radius 3 is 2.75 bits per heavy atom. The predicted molar refractivity (Wildman–Crippen MR) is 49.5 cm³/mol. The SMILES string of the molecule is COc1cncc(NC(C)C)c1. The highest BCUT2D eigenvalue weighted by Gasteiger charge is 1.96. The van der Waals surface area contributed by atoms with E-state index in [1.807, 2.05) is 6.07 Å². The number of anilines is 1. The first kappa shape index (κ1) is 8.84. The zero-order valence-corrected chi connectivity index (χ0v) is 7.66. The number of nitrogens with one attached hydrogen (secondary N) is 1. The van der Waals surface area contributed by atoms with Crippen molar-refractivity contribution in [2.45, 2.75) is 19.9 Å². The Morgan fingerprint density at radius 2 is 2.17 bits per heavy atom. The Hall–Kier alpha value is -1.25. The summed E-state index contributed by atoms with van der Waals surface area (Å²) in [5, 5.41) is 3.24. The minimum absolute atomic E-state index is 0.416. The fourth-order valence-electron chi connectivity index (χ4n) is 0.943. The molecule has 1 aromatic heterocycles. The zero-order valence-electron chi connectivity index (χ0n) is 7.66. The fourth-order valence-corrected chi connectivity index (χ4v) is 0.943. The molecule has 0 aliphatic carbocycles. The van der Waals surface area contributed by atoms with Gasteiger partial charge in [0, 0.05) is 12.1 Å². The number of hydrogen-bond donors (Lipinski definition) is 1. The monoisotopic (exact) mass is 166 g/mol. The third kappa shape index (κ3) is 2.42. The van der Waals surface area contributed by atoms with Crippen LogP contribution in [0.1, 0.15) is 13.8 Å². The molecule has 12 heavy (non-hydrogen) atoms. The molecule has 0 aliphatic heterocycles. The topological polar surface area (TPSA) is 34.1 Å². The lowest BCUT2D eigenvalue weighted by atomic mass is 10.3. The van der Waals surface area contributed by atoms with Crippen LogP contribution in [0.15, 0.2) is 18.5 Å². The minimum Gasteiger partial charge on any atom is -0.495 e. The van der Waals surface area contributed by atoms with Gasteiger partial charge in [0.15, 0.2) is 0 Å². The summed E-state index contributed by atoms with van der Waals surface area (Å²) >= 11 is 0. The van der Waals surface area contributed by atoms with E-state index >= 15 is 0 Å². The van der Waals surface area contributed by atoms with Gasteiger partial charge >= 0.3 is 0 Å². The van der Waals surface area contributed by atoms with Gasteiger partial charge in [-0.1, -0.05) is 0 Å². The maximum atomic E-state index is 5.03. The van der Waals surface area contributed by atoms with Crippen molar-refractivity contribution in [3.63, 3.8) is 0 Å². The predicted octanol–water partition coefficient (Wildman–Crippen LogP) is 1.91. The first-order valence-electron chi connectivity index (χ1n) is 3.98. The molecule has 0 spiro atoms. The van der Waals surface area contributed by atoms with Crippen LogP contribution < -0.4 is 10.1 Å². The molecule has 0 fully saturated rings. The van der Waals surface area contributed by atoms with E-state index in [-0.39, 0.29) is 0 Å². The molecule has 1 N–H and O–H groups in total. The summed E-state index contributed by atoms with van der Waals surface area (Å²) in [5.74, 6) is 0.778. The number of ether oxygens (including phenoxy) is 1. The lowest BCUT2D eigenvalue weighted by molar-refractivity contribution is 0.413. The first-order chi connectivity index (χ1) is 5.72. The van der Waals surface area contributed by atoms with Gasteiger partial charge in [-0.3, -0.25) is 4.98 Å². The third-order valence-corrected chi connectivity index (χ3v) is 1.40. The smallest absolute Gasteiger partial charge is 0.139 e. The average molecular weight is 166 g/mol. The largest absolute Gasteiger partial charge is 0.495 e. The molecule has 0 saturated carbocycles. The Balaban J connectivity index is 2.72. The van der Waals surface area contributed by atoms with E-state index < -0.39 is 0 Å². The minimum atomic E-state index is 0.416. The molecular formula is C9H14N2O. The highest BCUT2D eigenvalue weighted by atomic mass is 16.5. The van der Waals surface area contributed by atoms with Crippen LogP contribution in [0.2, 0.25) is 0 Å². The van der Waals surface area contributed by atoms with Crippen molar-refractivity contribution in [1.82, 2.24) is 4.98 Å². The molecule has 0 atom stereocenters. The van der Waals surface area contributed by atoms with E-state index in [2.05, 4.69) is 24.1 Å². The standard InChI is InChI=1S/C9H14N2O/c1-7(2)11-8-4-9(12-3)6-10-5-8/h4-7,11H,1-3H3. The van der Waals surface area contributed by atoms with Crippen molar-refractivity contribution < 1.29 is 4.74 Å². The molecule has 66 valence electrons. The van der Waals surface area contributed by atoms with Crippen molar-refractivity contribution in [3.8, 4) is 5.75 Å². The van der Waals surface area contributed by atoms with Crippen LogP contribution in [0.3, 0.4) is 0 Å². The molecule has 0 radical (unpaired) electrons. The molecule has 0 unspecified atom stereocenters. The molecule has 1 aromatic rings. The van der Waals surface area contributed by atoms with Crippen molar-refractivity contribution in [3.05, 3.63) is 18.5 Å². The second-order valence-electron chi connectivity index (χ2n) is 2.91. The second-order valence-corrected chi connectivity index (χ2v) is 2.91. The molecule has 0 bridgehead atoms. The number of rotatable bonds is 3. The molecule has 0 amide bonds. The molecular weight excluding hydrogens is 152 g/mol. The lowest BCUT2D eigenvalue weighted by Gasteiger charge is -2.09. The number of nitrogens with zero attached hydrogens (tertiary/aromatic N) is 1. The maximum Gasteiger partial charge on any atom is 0.139 e. The van der Waals surface area contributed by atoms with E-state index in [4.69, 9.17) is 4.74 Å². The number of aromatic nitrogens is 1. The van der Waals surface area contributed by atoms with Crippen LogP contribution in [-0.2, 0) is 0 Å². The Morgan fingerprint density at radius 1 is 1.42 bits per heavy atom. The Labute approximate surface area is 72.8 Å². The van der Waals surface area contributed by atoms with Crippen molar-refractivity contribution >= 4 is 5.69 Å². The quantitative estimate of drug-likeness (QED) is 0.744. The van der Waals surface area contributed by atoms with E-state index in [1.54, 1.807) is 19.5 Å². The van der Waals surface area contributed by atoms with E-state index in [9.17, 15) is 0 Å². The fraction of sp³-hybridized carbons (Fsp3) is 0.444. The third-order valence-electron chi connectivity index (χ3n) is 1.40. The summed E-state index contributed by atoms with van der Waals surface area (Å²) in [6.45, 7) is 4.17. The molecule has 1 rings (SSSR count). The van der Waals surface area contributed by atoms with Gasteiger partial charge in [-0.2, -0.15) is 0 Å². The maximum absolute atomic E-state index is 5.03. The van der Waals surface area contributed by atoms with Crippen LogP contribution in [0.5, 0.6) is 5.75 Å². The highest BCUT2D eigenvalue weighted by molar-refractivity contribution is 5.45. The summed E-state index contributed by atoms with van der Waals surface area (Å²) in [5.41, 5.74) is 0.990. The van der Waals surface area contributed by atoms with E-state index in [1.165, 1.54) is 0 Å². The molecule has 3 nitrogen and oxygen atoms in total. The Bertz CT molecular complexity index is 248. The number of pyridine rings is 1. The van der Waals surface area contributed by atoms with Crippen LogP contribution in [0, 0.1) is 0 Å². The second kappa shape index (κ2) is 3.95. The van der Waals surface area contributed by atoms with E-state index in [0.29, 0.717) is 6.04 Å². The lowest BCUT2D eigenvalue weighted by Crippen LogP contribution is -2.09. The van der Waals surface area contributed by atoms with Crippen molar-refractivity contribution in [2.75, 3.05) is 12.4 Å². The first-order valence-corrected chi connectivity index (χ1v) is 3.98. The summed E-state index contributed by atoms with van der Waals surface area (Å²) in [7, 11) is 1.64. The van der Waals surface area contributed by atoms with Gasteiger partial charge in [0.25, 0.3) is 0 Å². The van der Waals surface area contributed by atoms with Gasteiger partial charge < -0.3 is 10.1 Å². The average Bonchev–Trinajstić information content (AvgIpc) is 2.03. The molecule has 0 saturated heterocycles. The van der Waals surface area contributed by atoms with Gasteiger partial charge in [-0.05, 0) is 13.8 Å². The van der Waals surface area contributed by atoms with Crippen LogP contribution in [0.4, 0.5) is 5.69 Å². The van der Waals surface area contributed by atoms with Gasteiger partial charge in [-0.15, -0.1) is 0 Å². The van der Waals surface area contributed by atoms with Gasteiger partial charge in [0.05, 0.1) is 25.2 Å². The normalized spacial score (nSPS) is 10.0. The zero-order chi connectivity index (χ0) is 8.97. The summed E-state index contributed by atoms with van der Waals surface area (Å²) in [6.07, 6.45) is 3.47. The molecule has 0 aromatic carbocycles. The molecule has 1 heterocycles. The van der Waals surface area contributed by atoms with Crippen molar-refractivity contribution in [1.29, 1.82) is 0 Å². The summed E-state index contributed by atoms with van der Waals surface area (Å²) < 4.78 is 5.03. The summed E-state index contributed by atoms with van der Waals surface area (Å²) in [6, 6.07) is 2.34. The van der Waals surface area contributed by atoms with Crippen LogP contribution in [0.25, 0.3) is 0 Å². The highest BCUT2D eigenvalue weighted by Crippen LogP contribution is 2.14. The van der Waals surface area contributed by atoms with Gasteiger partial charge in [0.1, 0.15) is 5.75 Å². The van der Waals surface area contributed by atoms with Crippen LogP contribution >= 0.6 is 0 Å². The molecule has 3 heteroatoms.